The predicted octanol–water partition coefficient (Wildman–Crippen LogP) is 6.74. The number of aromatic carboxylic acids is 1. The number of aromatic nitrogens is 4. The van der Waals surface area contributed by atoms with Crippen LogP contribution in [0, 0.1) is 0 Å². The molecule has 0 unspecified atom stereocenters. The molecule has 4 aromatic heterocycles. The van der Waals surface area contributed by atoms with Crippen molar-refractivity contribution < 1.29 is 48.1 Å². The van der Waals surface area contributed by atoms with Gasteiger partial charge in [-0.3, -0.25) is 58.5 Å². The summed E-state index contributed by atoms with van der Waals surface area (Å²) in [5, 5.41) is 38.4. The van der Waals surface area contributed by atoms with Crippen molar-refractivity contribution in [3.63, 3.8) is 0 Å². The molecule has 90 heavy (non-hydrogen) atoms. The van der Waals surface area contributed by atoms with Crippen LogP contribution >= 0.6 is 12.2 Å². The minimum Gasteiger partial charge on any atom is -0.508 e. The summed E-state index contributed by atoms with van der Waals surface area (Å²) in [6.45, 7) is 2.47. The molecule has 0 bridgehead atoms. The van der Waals surface area contributed by atoms with Gasteiger partial charge in [-0.15, -0.1) is 0 Å². The Morgan fingerprint density at radius 1 is 0.600 bits per heavy atom. The van der Waals surface area contributed by atoms with Crippen LogP contribution in [0.15, 0.2) is 161 Å². The number of phenols is 1. The molecule has 0 saturated carbocycles. The van der Waals surface area contributed by atoms with E-state index in [-0.39, 0.29) is 58.4 Å². The molecule has 8 N–H and O–H groups in total. The van der Waals surface area contributed by atoms with Gasteiger partial charge in [0.1, 0.15) is 35.7 Å². The third-order valence-corrected chi connectivity index (χ3v) is 14.8. The molecule has 24 heteroatoms. The number of pyridine rings is 4. The summed E-state index contributed by atoms with van der Waals surface area (Å²) in [7, 11) is 1.20. The van der Waals surface area contributed by atoms with Crippen molar-refractivity contribution in [3.05, 3.63) is 191 Å². The third kappa shape index (κ3) is 20.5. The average Bonchev–Trinajstić information content (AvgIpc) is 0.760. The van der Waals surface area contributed by atoms with Crippen LogP contribution in [0.5, 0.6) is 5.75 Å². The number of unbranched alkanes of at least 4 members (excludes halogenated alkanes) is 2. The molecule has 2 aromatic carbocycles. The number of anilines is 1. The van der Waals surface area contributed by atoms with Crippen LogP contribution in [0.4, 0.5) is 5.69 Å². The van der Waals surface area contributed by atoms with Crippen molar-refractivity contribution in [1.82, 2.24) is 56.3 Å². The largest absolute Gasteiger partial charge is 0.508 e. The molecule has 0 radical (unpaired) electrons. The lowest BCUT2D eigenvalue weighted by atomic mass is 9.90. The Morgan fingerprint density at radius 2 is 1.14 bits per heavy atom. The van der Waals surface area contributed by atoms with E-state index in [1.807, 2.05) is 72.8 Å². The Kier molecular flexibility index (Phi) is 24.8. The predicted molar refractivity (Wildman–Crippen MR) is 341 cm³/mol. The smallest absolute Gasteiger partial charge is 0.336 e. The molecule has 0 fully saturated rings. The Balaban J connectivity index is 0.864. The first-order valence-corrected chi connectivity index (χ1v) is 30.0. The van der Waals surface area contributed by atoms with Crippen molar-refractivity contribution in [1.29, 1.82) is 0 Å². The molecule has 8 rings (SSSR count). The topological polar surface area (TPSA) is 313 Å². The second-order valence-corrected chi connectivity index (χ2v) is 21.7. The Labute approximate surface area is 525 Å². The van der Waals surface area contributed by atoms with E-state index in [2.05, 4.69) is 61.6 Å². The van der Waals surface area contributed by atoms with Crippen LogP contribution < -0.4 is 37.3 Å². The van der Waals surface area contributed by atoms with E-state index in [0.29, 0.717) is 106 Å². The van der Waals surface area contributed by atoms with E-state index >= 15 is 0 Å². The number of esters is 1. The molecule has 1 aliphatic carbocycles. The monoisotopic (exact) mass is 1240 g/mol. The van der Waals surface area contributed by atoms with Crippen molar-refractivity contribution in [2.75, 3.05) is 45.2 Å². The summed E-state index contributed by atoms with van der Waals surface area (Å²) in [6, 6.07) is 34.1. The highest BCUT2D eigenvalue weighted by atomic mass is 32.1. The summed E-state index contributed by atoms with van der Waals surface area (Å²) < 4.78 is 10.7. The number of hydrogen-bond acceptors (Lipinski definition) is 17. The van der Waals surface area contributed by atoms with Gasteiger partial charge in [-0.1, -0.05) is 36.8 Å². The number of fused-ring (bicyclic) bond motifs is 2. The van der Waals surface area contributed by atoms with Gasteiger partial charge in [-0.2, -0.15) is 0 Å². The van der Waals surface area contributed by atoms with Gasteiger partial charge < -0.3 is 51.3 Å². The van der Waals surface area contributed by atoms with Crippen LogP contribution in [0.25, 0.3) is 33.4 Å². The molecule has 468 valence electrons. The number of phenolic OH excluding ortho intramolecular Hbond substituents is 1. The lowest BCUT2D eigenvalue weighted by Gasteiger charge is -2.24. The Morgan fingerprint density at radius 3 is 1.68 bits per heavy atom. The van der Waals surface area contributed by atoms with Crippen LogP contribution in [0.2, 0.25) is 0 Å². The fourth-order valence-electron chi connectivity index (χ4n) is 10.2. The number of carboxylic acids is 1. The average molecular weight is 1240 g/mol. The third-order valence-electron chi connectivity index (χ3n) is 14.6. The number of carboxylic acid groups (broad SMARTS) is 1. The lowest BCUT2D eigenvalue weighted by molar-refractivity contribution is -0.141. The molecule has 23 nitrogen and oxygen atoms in total. The maximum absolute atomic E-state index is 14.1. The highest BCUT2D eigenvalue weighted by Gasteiger charge is 2.27. The van der Waals surface area contributed by atoms with Crippen LogP contribution in [-0.4, -0.2) is 133 Å². The van der Waals surface area contributed by atoms with E-state index in [1.165, 1.54) is 37.4 Å². The summed E-state index contributed by atoms with van der Waals surface area (Å²) in [5.41, 5.74) is 5.06. The molecule has 1 aliphatic heterocycles. The van der Waals surface area contributed by atoms with Gasteiger partial charge in [-0.05, 0) is 154 Å². The van der Waals surface area contributed by atoms with Gasteiger partial charge in [0.05, 0.1) is 42.0 Å². The van der Waals surface area contributed by atoms with Gasteiger partial charge >= 0.3 is 11.9 Å². The minimum atomic E-state index is -1.21. The zero-order valence-corrected chi connectivity index (χ0v) is 50.6. The van der Waals surface area contributed by atoms with Crippen LogP contribution in [-0.2, 0) is 54.9 Å². The zero-order chi connectivity index (χ0) is 63.6. The van der Waals surface area contributed by atoms with Gasteiger partial charge in [0.15, 0.2) is 10.5 Å². The zero-order valence-electron chi connectivity index (χ0n) is 49.8. The van der Waals surface area contributed by atoms with Gasteiger partial charge in [0.25, 0.3) is 0 Å². The molecule has 5 heterocycles. The summed E-state index contributed by atoms with van der Waals surface area (Å²) in [4.78, 5) is 114. The number of methoxy groups -OCH3 is 1. The van der Waals surface area contributed by atoms with Gasteiger partial charge in [0, 0.05) is 98.3 Å². The molecule has 4 amide bonds. The van der Waals surface area contributed by atoms with E-state index in [1.54, 1.807) is 49.1 Å². The number of amides is 4. The van der Waals surface area contributed by atoms with Crippen LogP contribution in [0.1, 0.15) is 84.5 Å². The molecule has 2 atom stereocenters. The maximum atomic E-state index is 14.1. The second-order valence-electron chi connectivity index (χ2n) is 21.3. The van der Waals surface area contributed by atoms with Crippen molar-refractivity contribution in [3.8, 4) is 28.2 Å². The number of hydrogen-bond donors (Lipinski definition) is 8. The standard InChI is InChI=1S/C66H72N12O11S/c1-88-61(83)39-73-64(85)56(20-14-34-78(42-47-17-6-11-30-69-47)43-48-18-7-12-31-70-48)76-60(82)38-72-63(84)55(19-13-33-77(40-45-15-4-9-28-67-45)41-46-16-5-10-29-68-46)75-59(81)21-3-2-8-32-71-66(90)74-44-22-25-51(54(35-44)65(86)87)62-52-26-23-49(79)36-57(52)89-58-37-50(80)24-27-53(58)62/h4-7,9-12,15-18,22-31,35-37,55-56,79H,2-3,8,13-14,19-21,32-34,38-43H2,1H3,(H,72,84)(H,73,85)(H,75,81)(H,76,82)(H,86,87)(H2,71,74,90)/t55-,56-/m1/s1. The van der Waals surface area contributed by atoms with E-state index in [4.69, 9.17) is 21.4 Å². The summed E-state index contributed by atoms with van der Waals surface area (Å²) >= 11 is 5.57. The van der Waals surface area contributed by atoms with Crippen molar-refractivity contribution >= 4 is 69.6 Å². The molecule has 0 spiro atoms. The Hall–Kier alpha value is -10.0. The maximum Gasteiger partial charge on any atom is 0.336 e. The van der Waals surface area contributed by atoms with E-state index in [0.717, 1.165) is 22.8 Å². The van der Waals surface area contributed by atoms with Crippen molar-refractivity contribution in [2.24, 2.45) is 0 Å². The number of thiocarbonyl (C=S) groups is 1. The Bertz CT molecular complexity index is 3650. The normalized spacial score (nSPS) is 11.8. The first-order chi connectivity index (χ1) is 43.7. The SMILES string of the molecule is COC(=O)CNC(=O)[C@@H](CCCN(Cc1ccccn1)Cc1ccccn1)NC(=O)CNC(=O)[C@@H](CCCN(Cc1ccccn1)Cc1ccccn1)NC(=O)CCCCCNC(=S)Nc1ccc(-c2c3ccc(=O)cc-3oc3cc(O)ccc23)c(C(=O)O)c1. The fraction of sp³-hybridized carbons (Fsp3) is 0.303. The number of carbonyl (C=O) groups excluding carboxylic acids is 5. The quantitative estimate of drug-likeness (QED) is 0.00914. The number of nitrogens with zero attached hydrogens (tertiary/aromatic N) is 6. The second kappa shape index (κ2) is 33.9. The first-order valence-electron chi connectivity index (χ1n) is 29.6. The molecule has 2 aliphatic rings. The number of ether oxygens (including phenoxy) is 1. The lowest BCUT2D eigenvalue weighted by Crippen LogP contribution is -2.52. The summed E-state index contributed by atoms with van der Waals surface area (Å²) in [5.74, 6) is -3.97. The van der Waals surface area contributed by atoms with Gasteiger partial charge in [-0.25, -0.2) is 4.79 Å². The van der Waals surface area contributed by atoms with E-state index in [9.17, 15) is 43.8 Å². The molecule has 0 saturated heterocycles. The highest BCUT2D eigenvalue weighted by Crippen LogP contribution is 2.42. The number of aromatic hydroxyl groups is 1. The number of nitrogens with one attached hydrogen (secondary N) is 6. The van der Waals surface area contributed by atoms with Gasteiger partial charge in [0.2, 0.25) is 23.6 Å². The summed E-state index contributed by atoms with van der Waals surface area (Å²) in [6.07, 6.45) is 9.92. The first kappa shape index (κ1) is 65.9. The van der Waals surface area contributed by atoms with Crippen molar-refractivity contribution in [2.45, 2.75) is 89.6 Å². The highest BCUT2D eigenvalue weighted by molar-refractivity contribution is 7.80. The van der Waals surface area contributed by atoms with Crippen LogP contribution in [0.3, 0.4) is 0 Å². The molecular formula is C66H72N12O11S. The van der Waals surface area contributed by atoms with E-state index < -0.39 is 54.8 Å². The molecular weight excluding hydrogens is 1170 g/mol. The number of rotatable bonds is 33. The number of carbonyl (C=O) groups is 6. The molecule has 6 aromatic rings. The fourth-order valence-corrected chi connectivity index (χ4v) is 10.4. The number of benzene rings is 3. The minimum absolute atomic E-state index is 0.0487.